The zero-order chi connectivity index (χ0) is 17.8. The van der Waals surface area contributed by atoms with Crippen LogP contribution in [-0.4, -0.2) is 33.4 Å². The molecule has 0 saturated carbocycles. The van der Waals surface area contributed by atoms with E-state index in [4.69, 9.17) is 28.3 Å². The quantitative estimate of drug-likeness (QED) is 0.828. The molecule has 0 bridgehead atoms. The summed E-state index contributed by atoms with van der Waals surface area (Å²) in [6, 6.07) is 7.10. The van der Waals surface area contributed by atoms with Gasteiger partial charge in [-0.3, -0.25) is 15.2 Å². The number of aliphatic carboxylic acids is 1. The molecule has 1 aromatic carbocycles. The number of hydrogen-bond donors (Lipinski definition) is 2. The van der Waals surface area contributed by atoms with Crippen LogP contribution in [0.5, 0.6) is 0 Å². The van der Waals surface area contributed by atoms with E-state index in [-0.39, 0.29) is 6.42 Å². The molecule has 2 aromatic rings. The fourth-order valence-corrected chi connectivity index (χ4v) is 2.66. The van der Waals surface area contributed by atoms with Crippen molar-refractivity contribution in [2.24, 2.45) is 4.99 Å². The number of anilines is 1. The number of hydrogen-bond acceptors (Lipinski definition) is 5. The molecule has 0 atom stereocenters. The first-order valence-corrected chi connectivity index (χ1v) is 8.36. The largest absolute Gasteiger partial charge is 0.481 e. The molecule has 1 aliphatic rings. The van der Waals surface area contributed by atoms with Crippen molar-refractivity contribution in [2.75, 3.05) is 11.6 Å². The topological polar surface area (TPSA) is 90.7 Å². The lowest BCUT2D eigenvalue weighted by molar-refractivity contribution is -0.136. The predicted molar refractivity (Wildman–Crippen MR) is 96.6 cm³/mol. The summed E-state index contributed by atoms with van der Waals surface area (Å²) in [7, 11) is 0. The minimum atomic E-state index is -0.860. The van der Waals surface area contributed by atoms with Gasteiger partial charge in [-0.05, 0) is 18.2 Å². The van der Waals surface area contributed by atoms with E-state index in [1.807, 2.05) is 11.1 Å². The van der Waals surface area contributed by atoms with Crippen LogP contribution in [0.1, 0.15) is 18.5 Å². The standard InChI is InChI=1S/C16H15Cl2N5O2/c17-12-3-2-11(8-13(12)18)23-6-5-14(22-23)21-15-7-10(19-9-20-15)1-4-16(24)25/h2-3,7-9H,1,4-6H2,(H,24,25)(H,19,20,21,22). The van der Waals surface area contributed by atoms with Gasteiger partial charge in [0.05, 0.1) is 22.2 Å². The number of aliphatic imine (C=N–C) groups is 1. The maximum absolute atomic E-state index is 10.6. The molecule has 9 heteroatoms. The average Bonchev–Trinajstić information content (AvgIpc) is 3.04. The molecule has 25 heavy (non-hydrogen) atoms. The fourth-order valence-electron chi connectivity index (χ4n) is 2.37. The molecular formula is C16H15Cl2N5O2. The second kappa shape index (κ2) is 7.67. The molecule has 1 fully saturated rings. The maximum Gasteiger partial charge on any atom is 0.303 e. The molecule has 3 rings (SSSR count). The van der Waals surface area contributed by atoms with E-state index in [0.717, 1.165) is 18.1 Å². The summed E-state index contributed by atoms with van der Waals surface area (Å²) in [6.07, 6.45) is 2.48. The van der Waals surface area contributed by atoms with Gasteiger partial charge in [0.2, 0.25) is 0 Å². The Morgan fingerprint density at radius 3 is 2.88 bits per heavy atom. The number of benzene rings is 1. The van der Waals surface area contributed by atoms with Gasteiger partial charge in [-0.2, -0.15) is 0 Å². The van der Waals surface area contributed by atoms with Crippen LogP contribution in [-0.2, 0) is 11.2 Å². The highest BCUT2D eigenvalue weighted by Crippen LogP contribution is 2.27. The fraction of sp³-hybridized carbons (Fsp3) is 0.250. The molecule has 7 nitrogen and oxygen atoms in total. The van der Waals surface area contributed by atoms with Crippen LogP contribution < -0.4 is 10.4 Å². The molecule has 0 radical (unpaired) electrons. The van der Waals surface area contributed by atoms with Crippen LogP contribution in [0, 0.1) is 0 Å². The van der Waals surface area contributed by atoms with Gasteiger partial charge in [0, 0.05) is 31.1 Å². The number of aromatic nitrogens is 2. The predicted octanol–water partition coefficient (Wildman–Crippen LogP) is 3.25. The highest BCUT2D eigenvalue weighted by Gasteiger charge is 2.18. The number of carboxylic acid groups (broad SMARTS) is 1. The molecule has 130 valence electrons. The minimum absolute atomic E-state index is 0.0242. The number of nitrogens with zero attached hydrogens (tertiary/aromatic N) is 4. The van der Waals surface area contributed by atoms with Gasteiger partial charge in [0.15, 0.2) is 5.82 Å². The average molecular weight is 380 g/mol. The molecule has 1 aromatic heterocycles. The Morgan fingerprint density at radius 2 is 2.12 bits per heavy atom. The number of amidine groups is 1. The Balaban J connectivity index is 1.70. The van der Waals surface area contributed by atoms with Crippen molar-refractivity contribution in [2.45, 2.75) is 19.3 Å². The summed E-state index contributed by atoms with van der Waals surface area (Å²) < 4.78 is 0. The van der Waals surface area contributed by atoms with Crippen molar-refractivity contribution in [3.05, 3.63) is 46.3 Å². The Bertz CT molecular complexity index is 828. The summed E-state index contributed by atoms with van der Waals surface area (Å²) in [6.45, 7) is 0.730. The van der Waals surface area contributed by atoms with Crippen molar-refractivity contribution >= 4 is 46.5 Å². The highest BCUT2D eigenvalue weighted by molar-refractivity contribution is 6.42. The summed E-state index contributed by atoms with van der Waals surface area (Å²) >= 11 is 12.0. The van der Waals surface area contributed by atoms with Gasteiger partial charge < -0.3 is 5.11 Å². The summed E-state index contributed by atoms with van der Waals surface area (Å²) in [5, 5.41) is 11.7. The summed E-state index contributed by atoms with van der Waals surface area (Å²) in [4.78, 5) is 23.3. The number of hydrazine groups is 1. The SMILES string of the molecule is O=C(O)CCc1cc(N=C2CCN(c3ccc(Cl)c(Cl)c3)N2)ncn1. The van der Waals surface area contributed by atoms with Crippen LogP contribution in [0.4, 0.5) is 11.5 Å². The zero-order valence-corrected chi connectivity index (χ0v) is 14.6. The molecule has 0 amide bonds. The normalized spacial score (nSPS) is 15.4. The van der Waals surface area contributed by atoms with Crippen molar-refractivity contribution in [1.82, 2.24) is 15.4 Å². The minimum Gasteiger partial charge on any atom is -0.481 e. The first-order chi connectivity index (χ1) is 12.0. The van der Waals surface area contributed by atoms with Gasteiger partial charge in [-0.1, -0.05) is 23.2 Å². The summed E-state index contributed by atoms with van der Waals surface area (Å²) in [5.74, 6) is 0.393. The number of rotatable bonds is 5. The van der Waals surface area contributed by atoms with Crippen LogP contribution >= 0.6 is 23.2 Å². The smallest absolute Gasteiger partial charge is 0.303 e. The molecule has 1 saturated heterocycles. The first-order valence-electron chi connectivity index (χ1n) is 7.61. The van der Waals surface area contributed by atoms with Gasteiger partial charge in [-0.25, -0.2) is 15.0 Å². The van der Waals surface area contributed by atoms with Crippen molar-refractivity contribution in [3.63, 3.8) is 0 Å². The van der Waals surface area contributed by atoms with E-state index in [0.29, 0.717) is 34.4 Å². The van der Waals surface area contributed by atoms with E-state index in [9.17, 15) is 4.79 Å². The van der Waals surface area contributed by atoms with Crippen LogP contribution in [0.3, 0.4) is 0 Å². The Labute approximate surface area is 154 Å². The third-order valence-electron chi connectivity index (χ3n) is 3.60. The third kappa shape index (κ3) is 4.58. The number of carboxylic acids is 1. The van der Waals surface area contributed by atoms with E-state index in [2.05, 4.69) is 20.4 Å². The van der Waals surface area contributed by atoms with Crippen LogP contribution in [0.25, 0.3) is 0 Å². The van der Waals surface area contributed by atoms with Crippen molar-refractivity contribution in [3.8, 4) is 0 Å². The molecule has 2 N–H and O–H groups in total. The first kappa shape index (κ1) is 17.4. The van der Waals surface area contributed by atoms with Gasteiger partial charge in [0.25, 0.3) is 0 Å². The molecule has 1 aliphatic heterocycles. The highest BCUT2D eigenvalue weighted by atomic mass is 35.5. The van der Waals surface area contributed by atoms with Gasteiger partial charge in [0.1, 0.15) is 12.2 Å². The maximum atomic E-state index is 10.6. The van der Waals surface area contributed by atoms with Crippen molar-refractivity contribution < 1.29 is 9.90 Å². The lowest BCUT2D eigenvalue weighted by atomic mass is 10.2. The summed E-state index contributed by atoms with van der Waals surface area (Å²) in [5.41, 5.74) is 4.74. The Hall–Kier alpha value is -2.38. The number of aryl methyl sites for hydroxylation is 1. The van der Waals surface area contributed by atoms with Crippen molar-refractivity contribution in [1.29, 1.82) is 0 Å². The molecule has 0 spiro atoms. The van der Waals surface area contributed by atoms with Gasteiger partial charge >= 0.3 is 5.97 Å². The lowest BCUT2D eigenvalue weighted by Crippen LogP contribution is -2.33. The molecular weight excluding hydrogens is 365 g/mol. The third-order valence-corrected chi connectivity index (χ3v) is 4.34. The number of halogens is 2. The molecule has 2 heterocycles. The second-order valence-electron chi connectivity index (χ2n) is 5.43. The number of nitrogens with one attached hydrogen (secondary N) is 1. The Morgan fingerprint density at radius 1 is 1.28 bits per heavy atom. The van der Waals surface area contributed by atoms with E-state index in [1.54, 1.807) is 18.2 Å². The lowest BCUT2D eigenvalue weighted by Gasteiger charge is -2.18. The van der Waals surface area contributed by atoms with E-state index >= 15 is 0 Å². The van der Waals surface area contributed by atoms with Crippen LogP contribution in [0.2, 0.25) is 10.0 Å². The Kier molecular flexibility index (Phi) is 5.35. The van der Waals surface area contributed by atoms with E-state index < -0.39 is 5.97 Å². The molecule has 0 aliphatic carbocycles. The zero-order valence-electron chi connectivity index (χ0n) is 13.1. The van der Waals surface area contributed by atoms with Crippen LogP contribution in [0.15, 0.2) is 35.6 Å². The number of carbonyl (C=O) groups is 1. The second-order valence-corrected chi connectivity index (χ2v) is 6.25. The van der Waals surface area contributed by atoms with Gasteiger partial charge in [-0.15, -0.1) is 0 Å². The molecule has 0 unspecified atom stereocenters. The monoisotopic (exact) mass is 379 g/mol. The van der Waals surface area contributed by atoms with E-state index in [1.165, 1.54) is 6.33 Å².